The molecule has 3 unspecified atom stereocenters. The first-order chi connectivity index (χ1) is 9.74. The third kappa shape index (κ3) is 3.93. The first-order valence-electron chi connectivity index (χ1n) is 7.62. The Labute approximate surface area is 121 Å². The Kier molecular flexibility index (Phi) is 5.80. The lowest BCUT2D eigenvalue weighted by Crippen LogP contribution is -2.30. The van der Waals surface area contributed by atoms with Crippen LogP contribution in [0.3, 0.4) is 0 Å². The van der Waals surface area contributed by atoms with Gasteiger partial charge < -0.3 is 14.8 Å². The van der Waals surface area contributed by atoms with Crippen LogP contribution in [0.5, 0.6) is 5.88 Å². The molecule has 0 radical (unpaired) electrons. The molecule has 1 aliphatic carbocycles. The molecule has 20 heavy (non-hydrogen) atoms. The summed E-state index contributed by atoms with van der Waals surface area (Å²) >= 11 is 0. The zero-order chi connectivity index (χ0) is 14.4. The van der Waals surface area contributed by atoms with E-state index in [0.717, 1.165) is 43.7 Å². The fourth-order valence-electron chi connectivity index (χ4n) is 2.83. The number of pyridine rings is 1. The van der Waals surface area contributed by atoms with Crippen molar-refractivity contribution in [1.82, 2.24) is 10.3 Å². The van der Waals surface area contributed by atoms with Crippen molar-refractivity contribution in [2.24, 2.45) is 0 Å². The van der Waals surface area contributed by atoms with Crippen LogP contribution >= 0.6 is 0 Å². The van der Waals surface area contributed by atoms with Crippen molar-refractivity contribution in [2.75, 3.05) is 13.7 Å². The quantitative estimate of drug-likeness (QED) is 0.868. The molecule has 0 amide bonds. The van der Waals surface area contributed by atoms with Crippen LogP contribution in [0.2, 0.25) is 0 Å². The number of hydrogen-bond donors (Lipinski definition) is 1. The van der Waals surface area contributed by atoms with E-state index in [2.05, 4.69) is 30.2 Å². The van der Waals surface area contributed by atoms with Crippen LogP contribution in [0.4, 0.5) is 0 Å². The highest BCUT2D eigenvalue weighted by Gasteiger charge is 2.24. The van der Waals surface area contributed by atoms with E-state index in [1.54, 1.807) is 13.3 Å². The minimum atomic E-state index is 0.219. The van der Waals surface area contributed by atoms with Crippen molar-refractivity contribution < 1.29 is 9.47 Å². The molecule has 0 bridgehead atoms. The van der Waals surface area contributed by atoms with Crippen LogP contribution < -0.4 is 10.1 Å². The highest BCUT2D eigenvalue weighted by molar-refractivity contribution is 5.28. The molecule has 4 nitrogen and oxygen atoms in total. The van der Waals surface area contributed by atoms with Crippen molar-refractivity contribution >= 4 is 0 Å². The number of ether oxygens (including phenoxy) is 2. The van der Waals surface area contributed by atoms with Gasteiger partial charge in [0.25, 0.3) is 0 Å². The van der Waals surface area contributed by atoms with Gasteiger partial charge in [-0.05, 0) is 38.8 Å². The predicted octanol–water partition coefficient (Wildman–Crippen LogP) is 3.09. The summed E-state index contributed by atoms with van der Waals surface area (Å²) in [5.41, 5.74) is 1.13. The smallest absolute Gasteiger partial charge is 0.218 e. The lowest BCUT2D eigenvalue weighted by atomic mass is 9.95. The molecule has 3 atom stereocenters. The summed E-state index contributed by atoms with van der Waals surface area (Å²) in [5, 5.41) is 3.41. The van der Waals surface area contributed by atoms with Crippen LogP contribution in [0.15, 0.2) is 18.3 Å². The van der Waals surface area contributed by atoms with E-state index in [-0.39, 0.29) is 12.1 Å². The van der Waals surface area contributed by atoms with E-state index in [1.165, 1.54) is 0 Å². The van der Waals surface area contributed by atoms with Crippen LogP contribution in [-0.2, 0) is 4.74 Å². The maximum absolute atomic E-state index is 6.15. The summed E-state index contributed by atoms with van der Waals surface area (Å²) in [4.78, 5) is 4.42. The van der Waals surface area contributed by atoms with Crippen molar-refractivity contribution in [3.8, 4) is 5.88 Å². The molecular formula is C16H26N2O2. The summed E-state index contributed by atoms with van der Waals surface area (Å²) in [6, 6.07) is 4.31. The molecule has 112 valence electrons. The van der Waals surface area contributed by atoms with Gasteiger partial charge in [-0.25, -0.2) is 4.98 Å². The SMILES string of the molecule is CCNC(C)c1cccnc1OC1CCCC(OC)C1. The van der Waals surface area contributed by atoms with Crippen LogP contribution in [0.1, 0.15) is 51.1 Å². The van der Waals surface area contributed by atoms with Gasteiger partial charge in [-0.2, -0.15) is 0 Å². The molecule has 2 rings (SSSR count). The molecule has 1 N–H and O–H groups in total. The van der Waals surface area contributed by atoms with Crippen LogP contribution in [0, 0.1) is 0 Å². The summed E-state index contributed by atoms with van der Waals surface area (Å²) < 4.78 is 11.6. The minimum absolute atomic E-state index is 0.219. The van der Waals surface area contributed by atoms with Gasteiger partial charge in [0, 0.05) is 31.3 Å². The van der Waals surface area contributed by atoms with Gasteiger partial charge in [-0.1, -0.05) is 13.0 Å². The van der Waals surface area contributed by atoms with Crippen molar-refractivity contribution in [1.29, 1.82) is 0 Å². The first-order valence-corrected chi connectivity index (χ1v) is 7.62. The zero-order valence-electron chi connectivity index (χ0n) is 12.8. The molecule has 1 fully saturated rings. The molecule has 0 saturated heterocycles. The Morgan fingerprint density at radius 3 is 2.95 bits per heavy atom. The number of hydrogen-bond acceptors (Lipinski definition) is 4. The van der Waals surface area contributed by atoms with Crippen LogP contribution in [-0.4, -0.2) is 30.8 Å². The van der Waals surface area contributed by atoms with E-state index in [1.807, 2.05) is 6.07 Å². The predicted molar refractivity (Wildman–Crippen MR) is 80.0 cm³/mol. The minimum Gasteiger partial charge on any atom is -0.474 e. The van der Waals surface area contributed by atoms with Gasteiger partial charge in [-0.3, -0.25) is 0 Å². The molecule has 1 aromatic rings. The topological polar surface area (TPSA) is 43.4 Å². The third-order valence-electron chi connectivity index (χ3n) is 3.97. The summed E-state index contributed by atoms with van der Waals surface area (Å²) in [6.07, 6.45) is 6.69. The van der Waals surface area contributed by atoms with Crippen molar-refractivity contribution in [2.45, 2.75) is 57.8 Å². The largest absolute Gasteiger partial charge is 0.474 e. The third-order valence-corrected chi connectivity index (χ3v) is 3.97. The maximum atomic E-state index is 6.15. The van der Waals surface area contributed by atoms with E-state index < -0.39 is 0 Å². The van der Waals surface area contributed by atoms with E-state index in [9.17, 15) is 0 Å². The van der Waals surface area contributed by atoms with Gasteiger partial charge >= 0.3 is 0 Å². The molecule has 1 heterocycles. The second-order valence-electron chi connectivity index (χ2n) is 5.44. The number of nitrogens with zero attached hydrogens (tertiary/aromatic N) is 1. The van der Waals surface area contributed by atoms with Gasteiger partial charge in [0.05, 0.1) is 6.10 Å². The Morgan fingerprint density at radius 1 is 1.40 bits per heavy atom. The van der Waals surface area contributed by atoms with Gasteiger partial charge in [0.1, 0.15) is 6.10 Å². The molecular weight excluding hydrogens is 252 g/mol. The maximum Gasteiger partial charge on any atom is 0.218 e. The van der Waals surface area contributed by atoms with Crippen molar-refractivity contribution in [3.05, 3.63) is 23.9 Å². The molecule has 0 aromatic carbocycles. The van der Waals surface area contributed by atoms with Crippen molar-refractivity contribution in [3.63, 3.8) is 0 Å². The first kappa shape index (κ1) is 15.3. The Morgan fingerprint density at radius 2 is 2.20 bits per heavy atom. The number of rotatable bonds is 6. The second-order valence-corrected chi connectivity index (χ2v) is 5.44. The van der Waals surface area contributed by atoms with E-state index in [0.29, 0.717) is 6.10 Å². The molecule has 1 aliphatic rings. The van der Waals surface area contributed by atoms with E-state index in [4.69, 9.17) is 9.47 Å². The fraction of sp³-hybridized carbons (Fsp3) is 0.688. The molecule has 1 saturated carbocycles. The highest BCUT2D eigenvalue weighted by Crippen LogP contribution is 2.28. The van der Waals surface area contributed by atoms with Gasteiger partial charge in [0.15, 0.2) is 0 Å². The monoisotopic (exact) mass is 278 g/mol. The van der Waals surface area contributed by atoms with Gasteiger partial charge in [-0.15, -0.1) is 0 Å². The number of aromatic nitrogens is 1. The number of nitrogens with one attached hydrogen (secondary N) is 1. The fourth-order valence-corrected chi connectivity index (χ4v) is 2.83. The normalized spacial score (nSPS) is 24.4. The lowest BCUT2D eigenvalue weighted by molar-refractivity contribution is 0.0190. The average molecular weight is 278 g/mol. The van der Waals surface area contributed by atoms with Crippen LogP contribution in [0.25, 0.3) is 0 Å². The zero-order valence-corrected chi connectivity index (χ0v) is 12.8. The highest BCUT2D eigenvalue weighted by atomic mass is 16.5. The molecule has 0 aliphatic heterocycles. The Bertz CT molecular complexity index is 411. The summed E-state index contributed by atoms with van der Waals surface area (Å²) in [6.45, 7) is 5.19. The second kappa shape index (κ2) is 7.60. The number of methoxy groups -OCH3 is 1. The molecule has 0 spiro atoms. The Hall–Kier alpha value is -1.13. The lowest BCUT2D eigenvalue weighted by Gasteiger charge is -2.29. The summed E-state index contributed by atoms with van der Waals surface area (Å²) in [5.74, 6) is 0.766. The van der Waals surface area contributed by atoms with E-state index >= 15 is 0 Å². The van der Waals surface area contributed by atoms with Gasteiger partial charge in [0.2, 0.25) is 5.88 Å². The molecule has 1 aromatic heterocycles. The Balaban J connectivity index is 2.05. The molecule has 4 heteroatoms. The summed E-state index contributed by atoms with van der Waals surface area (Å²) in [7, 11) is 1.78. The average Bonchev–Trinajstić information content (AvgIpc) is 2.48. The standard InChI is InChI=1S/C16H26N2O2/c1-4-17-12(2)15-9-6-10-18-16(15)20-14-8-5-7-13(11-14)19-3/h6,9-10,12-14,17H,4-5,7-8,11H2,1-3H3.